The number of hydrogen-bond donors (Lipinski definition) is 1. The zero-order valence-corrected chi connectivity index (χ0v) is 20.4. The van der Waals surface area contributed by atoms with Gasteiger partial charge in [-0.1, -0.05) is 20.8 Å². The Morgan fingerprint density at radius 1 is 1.29 bits per heavy atom. The Kier molecular flexibility index (Phi) is 7.21. The average Bonchev–Trinajstić information content (AvgIpc) is 3.36. The van der Waals surface area contributed by atoms with Gasteiger partial charge in [-0.25, -0.2) is 0 Å². The minimum absolute atomic E-state index is 0.0268. The molecule has 0 spiro atoms. The normalized spacial score (nSPS) is 21.5. The van der Waals surface area contributed by atoms with Gasteiger partial charge in [-0.05, 0) is 49.4 Å². The summed E-state index contributed by atoms with van der Waals surface area (Å²) in [5.74, 6) is -0.653. The lowest BCUT2D eigenvalue weighted by molar-refractivity contribution is -0.137. The lowest BCUT2D eigenvalue weighted by Gasteiger charge is -2.27. The van der Waals surface area contributed by atoms with E-state index in [1.54, 1.807) is 0 Å². The number of nitrogens with one attached hydrogen (secondary N) is 1. The van der Waals surface area contributed by atoms with E-state index in [1.807, 2.05) is 10.8 Å². The Morgan fingerprint density at radius 2 is 2.06 bits per heavy atom. The second-order valence-corrected chi connectivity index (χ2v) is 10.8. The van der Waals surface area contributed by atoms with Crippen molar-refractivity contribution in [3.8, 4) is 5.75 Å². The van der Waals surface area contributed by atoms with Gasteiger partial charge in [0, 0.05) is 23.7 Å². The molecular formula is C24H30F3N3O3S. The fourth-order valence-corrected chi connectivity index (χ4v) is 4.84. The average molecular weight is 498 g/mol. The first-order chi connectivity index (χ1) is 16.0. The van der Waals surface area contributed by atoms with Crippen molar-refractivity contribution in [3.63, 3.8) is 0 Å². The summed E-state index contributed by atoms with van der Waals surface area (Å²) >= 11 is 1.37. The van der Waals surface area contributed by atoms with Crippen molar-refractivity contribution in [1.29, 1.82) is 0 Å². The third-order valence-electron chi connectivity index (χ3n) is 5.98. The minimum atomic E-state index is -4.58. The van der Waals surface area contributed by atoms with Crippen LogP contribution in [0.1, 0.15) is 60.8 Å². The van der Waals surface area contributed by atoms with Gasteiger partial charge in [-0.15, -0.1) is 11.3 Å². The van der Waals surface area contributed by atoms with Crippen LogP contribution in [0, 0.1) is 0 Å². The zero-order chi connectivity index (χ0) is 24.5. The number of benzene rings is 1. The molecule has 10 heteroatoms. The molecule has 6 nitrogen and oxygen atoms in total. The van der Waals surface area contributed by atoms with Gasteiger partial charge in [0.05, 0.1) is 23.8 Å². The molecule has 0 aliphatic carbocycles. The molecule has 2 aromatic rings. The summed E-state index contributed by atoms with van der Waals surface area (Å²) in [5, 5.41) is 3.17. The second kappa shape index (κ2) is 9.83. The molecule has 4 rings (SSSR count). The van der Waals surface area contributed by atoms with E-state index < -0.39 is 17.6 Å². The third-order valence-corrected chi connectivity index (χ3v) is 7.43. The largest absolute Gasteiger partial charge is 0.491 e. The van der Waals surface area contributed by atoms with Crippen molar-refractivity contribution >= 4 is 17.2 Å². The number of halogens is 3. The van der Waals surface area contributed by atoms with Crippen molar-refractivity contribution in [2.75, 3.05) is 19.8 Å². The third kappa shape index (κ3) is 5.90. The maximum Gasteiger partial charge on any atom is 0.416 e. The van der Waals surface area contributed by atoms with Crippen molar-refractivity contribution in [3.05, 3.63) is 45.2 Å². The van der Waals surface area contributed by atoms with Crippen molar-refractivity contribution in [1.82, 2.24) is 9.88 Å². The highest BCUT2D eigenvalue weighted by Crippen LogP contribution is 2.33. The maximum atomic E-state index is 13.4. The Morgan fingerprint density at radius 3 is 2.65 bits per heavy atom. The molecule has 186 valence electrons. The van der Waals surface area contributed by atoms with Gasteiger partial charge < -0.3 is 19.4 Å². The molecule has 2 saturated heterocycles. The van der Waals surface area contributed by atoms with Gasteiger partial charge in [0.15, 0.2) is 4.80 Å². The summed E-state index contributed by atoms with van der Waals surface area (Å²) in [5.41, 5.74) is -1.27. The van der Waals surface area contributed by atoms with Crippen LogP contribution in [0.5, 0.6) is 5.75 Å². The smallest absolute Gasteiger partial charge is 0.416 e. The number of alkyl halides is 3. The number of hydrogen-bond acceptors (Lipinski definition) is 5. The first kappa shape index (κ1) is 24.9. The number of carbonyl (C=O) groups is 1. The second-order valence-electron chi connectivity index (χ2n) is 9.79. The van der Waals surface area contributed by atoms with Gasteiger partial charge in [0.25, 0.3) is 5.91 Å². The number of nitrogens with zero attached hydrogens (tertiary/aromatic N) is 2. The summed E-state index contributed by atoms with van der Waals surface area (Å²) in [4.78, 5) is 19.0. The summed E-state index contributed by atoms with van der Waals surface area (Å²) in [6.07, 6.45) is 0.228. The predicted molar refractivity (Wildman–Crippen MR) is 123 cm³/mol. The zero-order valence-electron chi connectivity index (χ0n) is 19.6. The highest BCUT2D eigenvalue weighted by atomic mass is 32.1. The highest BCUT2D eigenvalue weighted by Gasteiger charge is 2.32. The Hall–Kier alpha value is -2.17. The summed E-state index contributed by atoms with van der Waals surface area (Å²) in [6.45, 7) is 8.58. The van der Waals surface area contributed by atoms with Crippen LogP contribution in [0.2, 0.25) is 0 Å². The Bertz CT molecular complexity index is 1090. The molecule has 0 bridgehead atoms. The number of thiazole rings is 1. The molecule has 0 unspecified atom stereocenters. The van der Waals surface area contributed by atoms with E-state index >= 15 is 0 Å². The van der Waals surface area contributed by atoms with Crippen molar-refractivity contribution in [2.24, 2.45) is 4.99 Å². The van der Waals surface area contributed by atoms with Gasteiger partial charge in [0.2, 0.25) is 0 Å². The lowest BCUT2D eigenvalue weighted by atomic mass is 9.95. The molecular weight excluding hydrogens is 467 g/mol. The van der Waals surface area contributed by atoms with Crippen molar-refractivity contribution < 1.29 is 27.4 Å². The SMILES string of the molecule is CC(C)(C)c1cn(C[C@H]2CCCO2)/c(=N/C(=O)c2cc(C(F)(F)F)ccc2OC[C@@H]2CCN2)s1. The summed E-state index contributed by atoms with van der Waals surface area (Å²) in [6, 6.07) is 3.10. The van der Waals surface area contributed by atoms with E-state index in [1.165, 1.54) is 17.4 Å². The van der Waals surface area contributed by atoms with Gasteiger partial charge in [-0.2, -0.15) is 18.2 Å². The van der Waals surface area contributed by atoms with Crippen LogP contribution in [0.15, 0.2) is 29.4 Å². The lowest BCUT2D eigenvalue weighted by Crippen LogP contribution is -2.46. The Labute approximate surface area is 200 Å². The fraction of sp³-hybridized carbons (Fsp3) is 0.583. The van der Waals surface area contributed by atoms with Crippen LogP contribution in [0.4, 0.5) is 13.2 Å². The molecule has 0 saturated carbocycles. The predicted octanol–water partition coefficient (Wildman–Crippen LogP) is 4.53. The molecule has 2 aliphatic rings. The minimum Gasteiger partial charge on any atom is -0.491 e. The first-order valence-corrected chi connectivity index (χ1v) is 12.3. The van der Waals surface area contributed by atoms with E-state index in [0.717, 1.165) is 42.8 Å². The molecule has 1 aromatic heterocycles. The number of aromatic nitrogens is 1. The van der Waals surface area contributed by atoms with E-state index in [9.17, 15) is 18.0 Å². The first-order valence-electron chi connectivity index (χ1n) is 11.5. The number of rotatable bonds is 6. The van der Waals surface area contributed by atoms with Crippen LogP contribution in [0.25, 0.3) is 0 Å². The fourth-order valence-electron chi connectivity index (χ4n) is 3.78. The summed E-state index contributed by atoms with van der Waals surface area (Å²) in [7, 11) is 0. The van der Waals surface area contributed by atoms with E-state index in [4.69, 9.17) is 9.47 Å². The van der Waals surface area contributed by atoms with Gasteiger partial charge >= 0.3 is 6.18 Å². The number of amides is 1. The molecule has 2 aliphatic heterocycles. The van der Waals surface area contributed by atoms with Crippen LogP contribution >= 0.6 is 11.3 Å². The maximum absolute atomic E-state index is 13.4. The molecule has 0 radical (unpaired) electrons. The quantitative estimate of drug-likeness (QED) is 0.637. The van der Waals surface area contributed by atoms with E-state index in [0.29, 0.717) is 18.0 Å². The number of ether oxygens (including phenoxy) is 2. The molecule has 1 N–H and O–H groups in total. The molecule has 1 amide bonds. The Balaban J connectivity index is 1.70. The molecule has 2 atom stereocenters. The molecule has 34 heavy (non-hydrogen) atoms. The monoisotopic (exact) mass is 497 g/mol. The van der Waals surface area contributed by atoms with Crippen molar-refractivity contribution in [2.45, 2.75) is 70.3 Å². The highest BCUT2D eigenvalue weighted by molar-refractivity contribution is 7.09. The van der Waals surface area contributed by atoms with Gasteiger partial charge in [-0.3, -0.25) is 4.79 Å². The van der Waals surface area contributed by atoms with Gasteiger partial charge in [0.1, 0.15) is 12.4 Å². The molecule has 1 aromatic carbocycles. The van der Waals surface area contributed by atoms with E-state index in [-0.39, 0.29) is 35.5 Å². The van der Waals surface area contributed by atoms with E-state index in [2.05, 4.69) is 31.1 Å². The van der Waals surface area contributed by atoms with Crippen LogP contribution in [-0.4, -0.2) is 42.4 Å². The molecule has 2 fully saturated rings. The summed E-state index contributed by atoms with van der Waals surface area (Å²) < 4.78 is 53.5. The standard InChI is InChI=1S/C24H30F3N3O3S/c1-23(2,3)20-13-30(12-17-5-4-10-32-17)22(34-20)29-21(31)18-11-15(24(25,26)27)6-7-19(18)33-14-16-8-9-28-16/h6-7,11,13,16-17,28H,4-5,8-10,12,14H2,1-3H3/b29-22-/t16-,17+/m0/s1. The number of carbonyl (C=O) groups excluding carboxylic acids is 1. The van der Waals surface area contributed by atoms with Crippen LogP contribution in [0.3, 0.4) is 0 Å². The topological polar surface area (TPSA) is 64.9 Å². The van der Waals surface area contributed by atoms with Crippen LogP contribution < -0.4 is 14.9 Å². The molecule has 3 heterocycles. The van der Waals surface area contributed by atoms with Crippen LogP contribution in [-0.2, 0) is 22.9 Å².